The van der Waals surface area contributed by atoms with Crippen molar-refractivity contribution in [1.29, 1.82) is 0 Å². The van der Waals surface area contributed by atoms with E-state index in [1.54, 1.807) is 0 Å². The monoisotopic (exact) mass is 343 g/mol. The number of rotatable bonds is 5. The van der Waals surface area contributed by atoms with E-state index in [9.17, 15) is 4.79 Å². The van der Waals surface area contributed by atoms with Crippen molar-refractivity contribution in [3.8, 4) is 0 Å². The van der Waals surface area contributed by atoms with Crippen LogP contribution in [0.2, 0.25) is 9.36 Å². The topological polar surface area (TPSA) is 46.9 Å². The van der Waals surface area contributed by atoms with Gasteiger partial charge in [-0.1, -0.05) is 23.2 Å². The van der Waals surface area contributed by atoms with Gasteiger partial charge in [-0.3, -0.25) is 4.79 Å². The molecule has 0 aliphatic heterocycles. The lowest BCUT2D eigenvalue weighted by Crippen LogP contribution is -2.27. The van der Waals surface area contributed by atoms with E-state index in [0.717, 1.165) is 9.21 Å². The molecule has 0 amide bonds. The van der Waals surface area contributed by atoms with E-state index < -0.39 is 0 Å². The first-order chi connectivity index (χ1) is 10.0. The van der Waals surface area contributed by atoms with Crippen LogP contribution in [0.1, 0.15) is 30.7 Å². The summed E-state index contributed by atoms with van der Waals surface area (Å²) >= 11 is 13.6. The second kappa shape index (κ2) is 5.99. The van der Waals surface area contributed by atoms with Crippen molar-refractivity contribution in [3.05, 3.63) is 42.9 Å². The van der Waals surface area contributed by atoms with Gasteiger partial charge in [-0.25, -0.2) is 4.68 Å². The fourth-order valence-electron chi connectivity index (χ4n) is 2.12. The molecule has 1 aliphatic carbocycles. The van der Waals surface area contributed by atoms with Gasteiger partial charge in [0.1, 0.15) is 5.69 Å². The minimum absolute atomic E-state index is 0.0375. The molecule has 7 heteroatoms. The van der Waals surface area contributed by atoms with Gasteiger partial charge in [-0.05, 0) is 37.8 Å². The van der Waals surface area contributed by atoms with E-state index in [0.29, 0.717) is 23.2 Å². The summed E-state index contributed by atoms with van der Waals surface area (Å²) in [5, 5.41) is 7.65. The third-order valence-electron chi connectivity index (χ3n) is 3.51. The summed E-state index contributed by atoms with van der Waals surface area (Å²) in [6.45, 7) is 2.65. The van der Waals surface area contributed by atoms with Crippen molar-refractivity contribution in [2.45, 2.75) is 32.4 Å². The highest BCUT2D eigenvalue weighted by Crippen LogP contribution is 2.31. The van der Waals surface area contributed by atoms with Gasteiger partial charge in [-0.15, -0.1) is 11.3 Å². The van der Waals surface area contributed by atoms with Crippen LogP contribution in [0.25, 0.3) is 0 Å². The van der Waals surface area contributed by atoms with Crippen LogP contribution < -0.4 is 10.9 Å². The maximum Gasteiger partial charge on any atom is 0.291 e. The molecule has 4 nitrogen and oxygen atoms in total. The molecule has 0 saturated heterocycles. The summed E-state index contributed by atoms with van der Waals surface area (Å²) in [7, 11) is 0. The van der Waals surface area contributed by atoms with E-state index in [-0.39, 0.29) is 11.6 Å². The largest absolute Gasteiger partial charge is 0.372 e. The Morgan fingerprint density at radius 2 is 2.24 bits per heavy atom. The maximum absolute atomic E-state index is 12.5. The molecule has 2 aromatic rings. The zero-order valence-corrected chi connectivity index (χ0v) is 13.8. The Labute approximate surface area is 136 Å². The molecule has 0 aromatic carbocycles. The molecule has 0 radical (unpaired) electrons. The van der Waals surface area contributed by atoms with Crippen molar-refractivity contribution in [3.63, 3.8) is 0 Å². The SMILES string of the molecule is CC(Nc1c(Cl)cnn(CC2CC2)c1=O)c1ccc(Cl)s1. The van der Waals surface area contributed by atoms with Crippen molar-refractivity contribution in [2.24, 2.45) is 5.92 Å². The molecule has 2 aromatic heterocycles. The quantitative estimate of drug-likeness (QED) is 0.884. The molecule has 2 heterocycles. The first-order valence-electron chi connectivity index (χ1n) is 6.82. The van der Waals surface area contributed by atoms with Crippen LogP contribution >= 0.6 is 34.5 Å². The second-order valence-corrected chi connectivity index (χ2v) is 7.46. The fraction of sp³-hybridized carbons (Fsp3) is 0.429. The number of nitrogens with zero attached hydrogens (tertiary/aromatic N) is 2. The Morgan fingerprint density at radius 1 is 1.48 bits per heavy atom. The zero-order chi connectivity index (χ0) is 15.0. The molecular formula is C14H15Cl2N3OS. The van der Waals surface area contributed by atoms with Crippen LogP contribution in [0.15, 0.2) is 23.1 Å². The summed E-state index contributed by atoms with van der Waals surface area (Å²) in [5.74, 6) is 0.581. The van der Waals surface area contributed by atoms with Crippen molar-refractivity contribution in [2.75, 3.05) is 5.32 Å². The molecular weight excluding hydrogens is 329 g/mol. The van der Waals surface area contributed by atoms with E-state index in [1.807, 2.05) is 19.1 Å². The molecule has 3 rings (SSSR count). The van der Waals surface area contributed by atoms with Gasteiger partial charge >= 0.3 is 0 Å². The number of halogens is 2. The molecule has 1 fully saturated rings. The summed E-state index contributed by atoms with van der Waals surface area (Å²) in [5.41, 5.74) is 0.244. The summed E-state index contributed by atoms with van der Waals surface area (Å²) in [4.78, 5) is 13.5. The van der Waals surface area contributed by atoms with E-state index in [4.69, 9.17) is 23.2 Å². The van der Waals surface area contributed by atoms with Gasteiger partial charge in [0, 0.05) is 11.4 Å². The first-order valence-corrected chi connectivity index (χ1v) is 8.39. The Balaban J connectivity index is 1.85. The number of hydrogen-bond acceptors (Lipinski definition) is 4. The van der Waals surface area contributed by atoms with Crippen LogP contribution in [-0.4, -0.2) is 9.78 Å². The predicted molar refractivity (Wildman–Crippen MR) is 87.6 cm³/mol. The zero-order valence-electron chi connectivity index (χ0n) is 11.5. The van der Waals surface area contributed by atoms with Gasteiger partial charge in [0.25, 0.3) is 5.56 Å². The van der Waals surface area contributed by atoms with Gasteiger partial charge in [0.2, 0.25) is 0 Å². The average molecular weight is 344 g/mol. The lowest BCUT2D eigenvalue weighted by atomic mass is 10.2. The van der Waals surface area contributed by atoms with E-state index in [2.05, 4.69) is 10.4 Å². The molecule has 21 heavy (non-hydrogen) atoms. The third kappa shape index (κ3) is 3.42. The number of hydrogen-bond donors (Lipinski definition) is 1. The molecule has 1 unspecified atom stereocenters. The molecule has 1 aliphatic rings. The van der Waals surface area contributed by atoms with Gasteiger partial charge in [0.15, 0.2) is 0 Å². The lowest BCUT2D eigenvalue weighted by Gasteiger charge is -2.15. The molecule has 1 atom stereocenters. The first kappa shape index (κ1) is 14.9. The maximum atomic E-state index is 12.5. The number of nitrogens with one attached hydrogen (secondary N) is 1. The Bertz CT molecular complexity index is 708. The number of thiophene rings is 1. The fourth-order valence-corrected chi connectivity index (χ4v) is 3.37. The van der Waals surface area contributed by atoms with Gasteiger partial charge < -0.3 is 5.32 Å². The van der Waals surface area contributed by atoms with Crippen LogP contribution in [0.3, 0.4) is 0 Å². The average Bonchev–Trinajstić information content (AvgIpc) is 3.17. The molecule has 1 saturated carbocycles. The van der Waals surface area contributed by atoms with Crippen LogP contribution in [-0.2, 0) is 6.54 Å². The highest BCUT2D eigenvalue weighted by atomic mass is 35.5. The minimum Gasteiger partial charge on any atom is -0.372 e. The van der Waals surface area contributed by atoms with Gasteiger partial charge in [0.05, 0.1) is 21.6 Å². The Hall–Kier alpha value is -1.04. The Morgan fingerprint density at radius 3 is 2.86 bits per heavy atom. The molecule has 1 N–H and O–H groups in total. The van der Waals surface area contributed by atoms with Gasteiger partial charge in [-0.2, -0.15) is 5.10 Å². The van der Waals surface area contributed by atoms with Crippen molar-refractivity contribution in [1.82, 2.24) is 9.78 Å². The summed E-state index contributed by atoms with van der Waals surface area (Å²) < 4.78 is 2.23. The second-order valence-electron chi connectivity index (χ2n) is 5.31. The number of aromatic nitrogens is 2. The minimum atomic E-state index is -0.163. The van der Waals surface area contributed by atoms with E-state index >= 15 is 0 Å². The normalized spacial score (nSPS) is 16.0. The van der Waals surface area contributed by atoms with Crippen LogP contribution in [0, 0.1) is 5.92 Å². The molecule has 0 spiro atoms. The van der Waals surface area contributed by atoms with E-state index in [1.165, 1.54) is 35.1 Å². The van der Waals surface area contributed by atoms with Crippen molar-refractivity contribution < 1.29 is 0 Å². The summed E-state index contributed by atoms with van der Waals surface area (Å²) in [6.07, 6.45) is 3.87. The molecule has 0 bridgehead atoms. The van der Waals surface area contributed by atoms with Crippen LogP contribution in [0.5, 0.6) is 0 Å². The highest BCUT2D eigenvalue weighted by molar-refractivity contribution is 7.16. The van der Waals surface area contributed by atoms with Crippen LogP contribution in [0.4, 0.5) is 5.69 Å². The predicted octanol–water partition coefficient (Wildman–Crippen LogP) is 4.19. The summed E-state index contributed by atoms with van der Waals surface area (Å²) in [6, 6.07) is 3.76. The lowest BCUT2D eigenvalue weighted by molar-refractivity contribution is 0.534. The van der Waals surface area contributed by atoms with Crippen molar-refractivity contribution >= 4 is 40.2 Å². The Kier molecular flexibility index (Phi) is 4.24. The smallest absolute Gasteiger partial charge is 0.291 e. The third-order valence-corrected chi connectivity index (χ3v) is 5.21. The standard InChI is InChI=1S/C14H15Cl2N3OS/c1-8(11-4-5-12(16)21-11)18-13-10(15)6-17-19(14(13)20)7-9-2-3-9/h4-6,8-9,18H,2-3,7H2,1H3. The highest BCUT2D eigenvalue weighted by Gasteiger charge is 2.24. The number of anilines is 1. The molecule has 112 valence electrons.